The molecule has 1 amide bonds. The Morgan fingerprint density at radius 1 is 1.29 bits per heavy atom. The van der Waals surface area contributed by atoms with E-state index in [9.17, 15) is 28.1 Å². The fourth-order valence-electron chi connectivity index (χ4n) is 3.38. The summed E-state index contributed by atoms with van der Waals surface area (Å²) < 4.78 is 36.9. The standard InChI is InChI=1S/C16H19F3N4O3.C2H6/c1-20-12-6-13(22-7-9-4-10(9)8-22)11(5-14(12)23(25)26)15(24)21-3-2-16(17,18)19;1-2/h5-6,9-10,20H,2-4,7-8H2,1H3,(H,21,24);1-2H3. The highest BCUT2D eigenvalue weighted by Crippen LogP contribution is 2.47. The number of hydrogen-bond donors (Lipinski definition) is 2. The van der Waals surface area contributed by atoms with Crippen molar-refractivity contribution in [2.45, 2.75) is 32.9 Å². The molecule has 28 heavy (non-hydrogen) atoms. The first-order valence-corrected chi connectivity index (χ1v) is 9.29. The number of rotatable bonds is 6. The number of fused-ring (bicyclic) bond motifs is 1. The normalized spacial score (nSPS) is 20.0. The fraction of sp³-hybridized carbons (Fsp3) is 0.611. The molecular formula is C18H25F3N4O3. The number of hydrogen-bond acceptors (Lipinski definition) is 5. The van der Waals surface area contributed by atoms with Crippen LogP contribution >= 0.6 is 0 Å². The van der Waals surface area contributed by atoms with Crippen LogP contribution in [0.15, 0.2) is 12.1 Å². The molecule has 156 valence electrons. The van der Waals surface area contributed by atoms with E-state index in [1.165, 1.54) is 13.1 Å². The largest absolute Gasteiger partial charge is 0.390 e. The Morgan fingerprint density at radius 3 is 2.39 bits per heavy atom. The van der Waals surface area contributed by atoms with E-state index in [1.807, 2.05) is 18.7 Å². The minimum atomic E-state index is -4.38. The van der Waals surface area contributed by atoms with Crippen LogP contribution < -0.4 is 15.5 Å². The summed E-state index contributed by atoms with van der Waals surface area (Å²) in [6.45, 7) is 4.91. The van der Waals surface area contributed by atoms with Crippen molar-refractivity contribution in [3.63, 3.8) is 0 Å². The van der Waals surface area contributed by atoms with Crippen molar-refractivity contribution in [3.05, 3.63) is 27.8 Å². The van der Waals surface area contributed by atoms with Crippen molar-refractivity contribution in [1.82, 2.24) is 5.32 Å². The first-order valence-electron chi connectivity index (χ1n) is 9.29. The van der Waals surface area contributed by atoms with Crippen molar-refractivity contribution in [2.24, 2.45) is 11.8 Å². The quantitative estimate of drug-likeness (QED) is 0.558. The first-order chi connectivity index (χ1) is 13.2. The third-order valence-electron chi connectivity index (χ3n) is 4.84. The molecule has 7 nitrogen and oxygen atoms in total. The average molecular weight is 402 g/mol. The van der Waals surface area contributed by atoms with Gasteiger partial charge in [0.25, 0.3) is 11.6 Å². The summed E-state index contributed by atoms with van der Waals surface area (Å²) in [7, 11) is 1.54. The highest BCUT2D eigenvalue weighted by Gasteiger charge is 2.46. The Kier molecular flexibility index (Phi) is 6.73. The highest BCUT2D eigenvalue weighted by atomic mass is 19.4. The van der Waals surface area contributed by atoms with Gasteiger partial charge in [-0.25, -0.2) is 0 Å². The molecule has 1 aromatic carbocycles. The van der Waals surface area contributed by atoms with Gasteiger partial charge in [0.1, 0.15) is 5.69 Å². The predicted molar refractivity (Wildman–Crippen MR) is 101 cm³/mol. The lowest BCUT2D eigenvalue weighted by Crippen LogP contribution is -2.31. The van der Waals surface area contributed by atoms with Gasteiger partial charge >= 0.3 is 6.18 Å². The Balaban J connectivity index is 0.00000136. The molecular weight excluding hydrogens is 377 g/mol. The molecule has 1 aromatic rings. The third-order valence-corrected chi connectivity index (χ3v) is 4.84. The second-order valence-electron chi connectivity index (χ2n) is 6.68. The molecule has 2 N–H and O–H groups in total. The Morgan fingerprint density at radius 2 is 1.89 bits per heavy atom. The maximum atomic E-state index is 12.4. The number of nitro benzene ring substituents is 1. The molecule has 1 saturated heterocycles. The van der Waals surface area contributed by atoms with Gasteiger partial charge in [-0.2, -0.15) is 13.2 Å². The summed E-state index contributed by atoms with van der Waals surface area (Å²) in [5, 5.41) is 16.2. The smallest absolute Gasteiger partial charge is 0.383 e. The molecule has 2 fully saturated rings. The number of alkyl halides is 3. The molecule has 10 heteroatoms. The van der Waals surface area contributed by atoms with E-state index in [0.29, 0.717) is 17.5 Å². The second kappa shape index (κ2) is 8.66. The van der Waals surface area contributed by atoms with Crippen LogP contribution in [0.2, 0.25) is 0 Å². The van der Waals surface area contributed by atoms with Gasteiger partial charge in [-0.15, -0.1) is 0 Å². The molecule has 1 saturated carbocycles. The van der Waals surface area contributed by atoms with Crippen LogP contribution in [0, 0.1) is 22.0 Å². The number of nitrogens with one attached hydrogen (secondary N) is 2. The monoisotopic (exact) mass is 402 g/mol. The van der Waals surface area contributed by atoms with E-state index in [1.54, 1.807) is 0 Å². The van der Waals surface area contributed by atoms with Gasteiger partial charge in [0.15, 0.2) is 0 Å². The van der Waals surface area contributed by atoms with Gasteiger partial charge in [-0.3, -0.25) is 14.9 Å². The number of piperidine rings is 1. The molecule has 2 atom stereocenters. The average Bonchev–Trinajstić information content (AvgIpc) is 3.26. The Labute approximate surface area is 161 Å². The van der Waals surface area contributed by atoms with E-state index >= 15 is 0 Å². The van der Waals surface area contributed by atoms with Gasteiger partial charge in [-0.1, -0.05) is 13.8 Å². The minimum Gasteiger partial charge on any atom is -0.383 e. The fourth-order valence-corrected chi connectivity index (χ4v) is 3.38. The molecule has 0 spiro atoms. The number of carbonyl (C=O) groups is 1. The van der Waals surface area contributed by atoms with Crippen LogP contribution in [0.4, 0.5) is 30.2 Å². The van der Waals surface area contributed by atoms with Crippen molar-refractivity contribution >= 4 is 23.0 Å². The summed E-state index contributed by atoms with van der Waals surface area (Å²) >= 11 is 0. The maximum Gasteiger partial charge on any atom is 0.390 e. The zero-order valence-electron chi connectivity index (χ0n) is 16.1. The number of halogens is 3. The molecule has 3 rings (SSSR count). The molecule has 2 aliphatic rings. The number of benzene rings is 1. The van der Waals surface area contributed by atoms with Gasteiger partial charge < -0.3 is 15.5 Å². The molecule has 1 aliphatic carbocycles. The molecule has 0 radical (unpaired) electrons. The molecule has 1 aliphatic heterocycles. The SMILES string of the molecule is CC.CNc1cc(N2CC3CC3C2)c(C(=O)NCCC(F)(F)F)cc1[N+](=O)[O-]. The first kappa shape index (κ1) is 21.8. The summed E-state index contributed by atoms with van der Waals surface area (Å²) in [5.74, 6) is 0.379. The van der Waals surface area contributed by atoms with Crippen LogP contribution in [0.1, 0.15) is 37.0 Å². The van der Waals surface area contributed by atoms with Gasteiger partial charge in [0.2, 0.25) is 0 Å². The van der Waals surface area contributed by atoms with Gasteiger partial charge in [-0.05, 0) is 24.3 Å². The summed E-state index contributed by atoms with van der Waals surface area (Å²) in [6.07, 6.45) is -4.40. The van der Waals surface area contributed by atoms with E-state index in [2.05, 4.69) is 10.6 Å². The van der Waals surface area contributed by atoms with E-state index < -0.39 is 30.0 Å². The van der Waals surface area contributed by atoms with Crippen LogP contribution in [0.5, 0.6) is 0 Å². The number of nitrogens with zero attached hydrogens (tertiary/aromatic N) is 2. The molecule has 1 heterocycles. The second-order valence-corrected chi connectivity index (χ2v) is 6.68. The third kappa shape index (κ3) is 5.05. The zero-order chi connectivity index (χ0) is 21.1. The number of amides is 1. The number of nitro groups is 1. The predicted octanol–water partition coefficient (Wildman–Crippen LogP) is 3.80. The molecule has 2 unspecified atom stereocenters. The van der Waals surface area contributed by atoms with Crippen molar-refractivity contribution in [3.8, 4) is 0 Å². The lowest BCUT2D eigenvalue weighted by molar-refractivity contribution is -0.383. The van der Waals surface area contributed by atoms with Gasteiger partial charge in [0, 0.05) is 32.7 Å². The summed E-state index contributed by atoms with van der Waals surface area (Å²) in [4.78, 5) is 25.0. The van der Waals surface area contributed by atoms with Crippen molar-refractivity contribution < 1.29 is 22.9 Å². The zero-order valence-corrected chi connectivity index (χ0v) is 16.1. The highest BCUT2D eigenvalue weighted by molar-refractivity contribution is 6.02. The van der Waals surface area contributed by atoms with Gasteiger partial charge in [0.05, 0.1) is 22.6 Å². The van der Waals surface area contributed by atoms with E-state index in [-0.39, 0.29) is 16.9 Å². The Bertz CT molecular complexity index is 730. The lowest BCUT2D eigenvalue weighted by Gasteiger charge is -2.24. The van der Waals surface area contributed by atoms with Crippen LogP contribution in [-0.2, 0) is 0 Å². The van der Waals surface area contributed by atoms with Crippen LogP contribution in [-0.4, -0.2) is 43.7 Å². The number of anilines is 2. The van der Waals surface area contributed by atoms with Crippen molar-refractivity contribution in [1.29, 1.82) is 0 Å². The topological polar surface area (TPSA) is 87.5 Å². The van der Waals surface area contributed by atoms with E-state index in [4.69, 9.17) is 0 Å². The number of carbonyl (C=O) groups excluding carboxylic acids is 1. The molecule has 0 aromatic heterocycles. The lowest BCUT2D eigenvalue weighted by atomic mass is 10.1. The van der Waals surface area contributed by atoms with Crippen molar-refractivity contribution in [2.75, 3.05) is 36.9 Å². The van der Waals surface area contributed by atoms with Crippen LogP contribution in [0.3, 0.4) is 0 Å². The minimum absolute atomic E-state index is 0.0270. The Hall–Kier alpha value is -2.52. The summed E-state index contributed by atoms with van der Waals surface area (Å²) in [5.41, 5.74) is 0.509. The molecule has 0 bridgehead atoms. The summed E-state index contributed by atoms with van der Waals surface area (Å²) in [6, 6.07) is 2.66. The maximum absolute atomic E-state index is 12.4. The van der Waals surface area contributed by atoms with Crippen LogP contribution in [0.25, 0.3) is 0 Å². The van der Waals surface area contributed by atoms with E-state index in [0.717, 1.165) is 25.6 Å².